The van der Waals surface area contributed by atoms with Crippen molar-refractivity contribution in [3.63, 3.8) is 0 Å². The van der Waals surface area contributed by atoms with Crippen LogP contribution in [0.1, 0.15) is 17.0 Å². The highest BCUT2D eigenvalue weighted by Gasteiger charge is 2.13. The van der Waals surface area contributed by atoms with Crippen molar-refractivity contribution in [3.05, 3.63) is 72.4 Å². The SMILES string of the molecule is Cc1cc(C)n(CCN2[CH]N(Cc3ccccc3)C=C2)n1. The second-order valence-electron chi connectivity index (χ2n) is 5.46. The third-order valence-electron chi connectivity index (χ3n) is 3.63. The van der Waals surface area contributed by atoms with E-state index in [9.17, 15) is 0 Å². The summed E-state index contributed by atoms with van der Waals surface area (Å²) in [7, 11) is 0. The molecule has 1 aliphatic heterocycles. The zero-order valence-corrected chi connectivity index (χ0v) is 12.6. The molecule has 1 radical (unpaired) electrons. The Morgan fingerprint density at radius 2 is 1.71 bits per heavy atom. The maximum Gasteiger partial charge on any atom is 0.141 e. The molecular weight excluding hydrogens is 260 g/mol. The van der Waals surface area contributed by atoms with E-state index in [1.54, 1.807) is 0 Å². The van der Waals surface area contributed by atoms with Crippen molar-refractivity contribution in [2.75, 3.05) is 6.54 Å². The van der Waals surface area contributed by atoms with Gasteiger partial charge in [0, 0.05) is 31.2 Å². The summed E-state index contributed by atoms with van der Waals surface area (Å²) in [4.78, 5) is 4.41. The first-order valence-electron chi connectivity index (χ1n) is 7.30. The highest BCUT2D eigenvalue weighted by Crippen LogP contribution is 2.15. The summed E-state index contributed by atoms with van der Waals surface area (Å²) in [5.41, 5.74) is 3.62. The molecule has 4 heteroatoms. The molecule has 4 nitrogen and oxygen atoms in total. The van der Waals surface area contributed by atoms with Gasteiger partial charge in [-0.1, -0.05) is 30.3 Å². The van der Waals surface area contributed by atoms with Gasteiger partial charge in [-0.3, -0.25) is 4.68 Å². The number of aromatic nitrogens is 2. The maximum atomic E-state index is 4.50. The molecule has 0 amide bonds. The Kier molecular flexibility index (Phi) is 3.95. The van der Waals surface area contributed by atoms with Gasteiger partial charge >= 0.3 is 0 Å². The Morgan fingerprint density at radius 3 is 2.43 bits per heavy atom. The van der Waals surface area contributed by atoms with Crippen LogP contribution in [0.2, 0.25) is 0 Å². The predicted octanol–water partition coefficient (Wildman–Crippen LogP) is 2.91. The van der Waals surface area contributed by atoms with E-state index in [2.05, 4.69) is 75.9 Å². The van der Waals surface area contributed by atoms with Gasteiger partial charge in [0.25, 0.3) is 0 Å². The van der Waals surface area contributed by atoms with Gasteiger partial charge in [0.2, 0.25) is 0 Å². The summed E-state index contributed by atoms with van der Waals surface area (Å²) in [6.45, 7) is 9.04. The molecule has 0 bridgehead atoms. The number of hydrogen-bond acceptors (Lipinski definition) is 3. The van der Waals surface area contributed by atoms with Crippen molar-refractivity contribution in [1.29, 1.82) is 0 Å². The largest absolute Gasteiger partial charge is 0.351 e. The molecule has 109 valence electrons. The Labute approximate surface area is 126 Å². The van der Waals surface area contributed by atoms with Crippen molar-refractivity contribution in [2.24, 2.45) is 0 Å². The third-order valence-corrected chi connectivity index (χ3v) is 3.63. The van der Waals surface area contributed by atoms with Gasteiger partial charge in [0.1, 0.15) is 6.67 Å². The minimum atomic E-state index is 0.902. The standard InChI is InChI=1S/C17H21N4/c1-15-12-16(2)21(18-15)11-10-19-8-9-20(14-19)13-17-6-4-3-5-7-17/h3-9,12,14H,10-11,13H2,1-2H3. The van der Waals surface area contributed by atoms with Crippen LogP contribution in [-0.2, 0) is 13.1 Å². The molecule has 0 unspecified atom stereocenters. The van der Waals surface area contributed by atoms with Crippen LogP contribution in [-0.4, -0.2) is 26.1 Å². The molecule has 1 aromatic carbocycles. The van der Waals surface area contributed by atoms with E-state index in [-0.39, 0.29) is 0 Å². The fourth-order valence-electron chi connectivity index (χ4n) is 2.57. The summed E-state index contributed by atoms with van der Waals surface area (Å²) < 4.78 is 2.07. The second-order valence-corrected chi connectivity index (χ2v) is 5.46. The van der Waals surface area contributed by atoms with Crippen molar-refractivity contribution in [1.82, 2.24) is 19.6 Å². The summed E-state index contributed by atoms with van der Waals surface area (Å²) in [6.07, 6.45) is 4.24. The van der Waals surface area contributed by atoms with Crippen molar-refractivity contribution in [2.45, 2.75) is 26.9 Å². The normalized spacial score (nSPS) is 14.2. The van der Waals surface area contributed by atoms with E-state index in [1.165, 1.54) is 11.3 Å². The lowest BCUT2D eigenvalue weighted by Gasteiger charge is -2.20. The molecule has 0 spiro atoms. The van der Waals surface area contributed by atoms with Crippen molar-refractivity contribution >= 4 is 0 Å². The van der Waals surface area contributed by atoms with Crippen LogP contribution in [0.25, 0.3) is 0 Å². The lowest BCUT2D eigenvalue weighted by molar-refractivity contribution is 0.323. The minimum Gasteiger partial charge on any atom is -0.351 e. The molecule has 0 aliphatic carbocycles. The van der Waals surface area contributed by atoms with Crippen LogP contribution in [0.15, 0.2) is 48.8 Å². The fourth-order valence-corrected chi connectivity index (χ4v) is 2.57. The monoisotopic (exact) mass is 281 g/mol. The first-order chi connectivity index (χ1) is 10.2. The molecule has 0 saturated carbocycles. The van der Waals surface area contributed by atoms with Gasteiger partial charge < -0.3 is 9.80 Å². The smallest absolute Gasteiger partial charge is 0.141 e. The molecule has 1 aromatic heterocycles. The molecule has 2 aromatic rings. The van der Waals surface area contributed by atoms with Crippen LogP contribution >= 0.6 is 0 Å². The Balaban J connectivity index is 1.49. The summed E-state index contributed by atoms with van der Waals surface area (Å²) in [5, 5.41) is 4.50. The van der Waals surface area contributed by atoms with Gasteiger partial charge in [-0.2, -0.15) is 5.10 Å². The van der Waals surface area contributed by atoms with E-state index < -0.39 is 0 Å². The highest BCUT2D eigenvalue weighted by molar-refractivity contribution is 5.16. The Morgan fingerprint density at radius 1 is 0.952 bits per heavy atom. The minimum absolute atomic E-state index is 0.902. The van der Waals surface area contributed by atoms with Crippen LogP contribution in [0.5, 0.6) is 0 Å². The van der Waals surface area contributed by atoms with Gasteiger partial charge in [-0.25, -0.2) is 0 Å². The van der Waals surface area contributed by atoms with Crippen LogP contribution < -0.4 is 0 Å². The van der Waals surface area contributed by atoms with Crippen molar-refractivity contribution in [3.8, 4) is 0 Å². The fraction of sp³-hybridized carbons (Fsp3) is 0.294. The van der Waals surface area contributed by atoms with E-state index in [0.717, 1.165) is 25.3 Å². The number of rotatable bonds is 5. The second kappa shape index (κ2) is 6.04. The molecule has 0 N–H and O–H groups in total. The third kappa shape index (κ3) is 3.45. The molecule has 1 aliphatic rings. The summed E-state index contributed by atoms with van der Waals surface area (Å²) >= 11 is 0. The zero-order valence-electron chi connectivity index (χ0n) is 12.6. The molecule has 0 fully saturated rings. The van der Waals surface area contributed by atoms with Gasteiger partial charge in [-0.05, 0) is 25.5 Å². The van der Waals surface area contributed by atoms with Crippen LogP contribution in [0.3, 0.4) is 0 Å². The first kappa shape index (κ1) is 13.7. The summed E-state index contributed by atoms with van der Waals surface area (Å²) in [6, 6.07) is 12.6. The van der Waals surface area contributed by atoms with Gasteiger partial charge in [-0.15, -0.1) is 0 Å². The van der Waals surface area contributed by atoms with Crippen LogP contribution in [0, 0.1) is 20.5 Å². The number of benzene rings is 1. The Hall–Kier alpha value is -2.23. The maximum absolute atomic E-state index is 4.50. The predicted molar refractivity (Wildman–Crippen MR) is 83.8 cm³/mol. The number of nitrogens with zero attached hydrogens (tertiary/aromatic N) is 4. The number of aryl methyl sites for hydroxylation is 2. The number of hydrogen-bond donors (Lipinski definition) is 0. The van der Waals surface area contributed by atoms with E-state index in [0.29, 0.717) is 0 Å². The molecule has 3 rings (SSSR count). The molecule has 0 atom stereocenters. The average molecular weight is 281 g/mol. The quantitative estimate of drug-likeness (QED) is 0.842. The lowest BCUT2D eigenvalue weighted by atomic mass is 10.2. The topological polar surface area (TPSA) is 24.3 Å². The molecule has 2 heterocycles. The zero-order chi connectivity index (χ0) is 14.7. The molecular formula is C17H21N4. The lowest BCUT2D eigenvalue weighted by Crippen LogP contribution is -2.23. The molecule has 21 heavy (non-hydrogen) atoms. The van der Waals surface area contributed by atoms with E-state index in [4.69, 9.17) is 0 Å². The molecule has 0 saturated heterocycles. The highest BCUT2D eigenvalue weighted by atomic mass is 15.4. The van der Waals surface area contributed by atoms with Gasteiger partial charge in [0.05, 0.1) is 12.2 Å². The first-order valence-corrected chi connectivity index (χ1v) is 7.30. The summed E-state index contributed by atoms with van der Waals surface area (Å²) in [5.74, 6) is 0. The van der Waals surface area contributed by atoms with Crippen LogP contribution in [0.4, 0.5) is 0 Å². The van der Waals surface area contributed by atoms with E-state index in [1.807, 2.05) is 13.0 Å². The Bertz CT molecular complexity index is 615. The average Bonchev–Trinajstić information content (AvgIpc) is 3.04. The van der Waals surface area contributed by atoms with Crippen molar-refractivity contribution < 1.29 is 0 Å². The van der Waals surface area contributed by atoms with Gasteiger partial charge in [0.15, 0.2) is 0 Å². The van der Waals surface area contributed by atoms with E-state index >= 15 is 0 Å².